The molecule has 38 heavy (non-hydrogen) atoms. The average Bonchev–Trinajstić information content (AvgIpc) is 3.38. The van der Waals surface area contributed by atoms with Crippen molar-refractivity contribution in [2.45, 2.75) is 44.6 Å². The number of primary amides is 1. The molecule has 0 aliphatic heterocycles. The molecule has 0 bridgehead atoms. The van der Waals surface area contributed by atoms with Gasteiger partial charge in [0.05, 0.1) is 6.26 Å². The number of amides is 4. The Morgan fingerprint density at radius 2 is 1.76 bits per heavy atom. The van der Waals surface area contributed by atoms with Gasteiger partial charge in [-0.05, 0) is 30.3 Å². The molecular formula is C26H36N6O6. The number of likely N-dealkylation sites (N-methyl/N-ethyl adjacent to an activating group) is 1. The fraction of sp³-hybridized carbons (Fsp3) is 0.385. The highest BCUT2D eigenvalue weighted by Gasteiger charge is 2.22. The van der Waals surface area contributed by atoms with Crippen LogP contribution in [-0.2, 0) is 38.6 Å². The number of aliphatic hydroxyl groups is 1. The number of carbonyl (C=O) groups is 4. The summed E-state index contributed by atoms with van der Waals surface area (Å²) < 4.78 is 5.29. The first-order valence-electron chi connectivity index (χ1n) is 12.2. The number of aliphatic hydroxyl groups excluding tert-OH is 1. The van der Waals surface area contributed by atoms with Gasteiger partial charge in [-0.15, -0.1) is 0 Å². The zero-order valence-electron chi connectivity index (χ0n) is 21.5. The third-order valence-electron chi connectivity index (χ3n) is 5.47. The topological polar surface area (TPSA) is 188 Å². The molecular weight excluding hydrogens is 492 g/mol. The van der Waals surface area contributed by atoms with E-state index in [1.165, 1.54) is 19.3 Å². The predicted molar refractivity (Wildman–Crippen MR) is 140 cm³/mol. The molecule has 1 aromatic heterocycles. The van der Waals surface area contributed by atoms with E-state index in [0.717, 1.165) is 11.1 Å². The summed E-state index contributed by atoms with van der Waals surface area (Å²) in [7, 11) is 1.74. The highest BCUT2D eigenvalue weighted by Crippen LogP contribution is 2.12. The highest BCUT2D eigenvalue weighted by molar-refractivity contribution is 5.88. The maximum atomic E-state index is 12.8. The number of hydrogen-bond donors (Lipinski definition) is 7. The minimum absolute atomic E-state index is 0.104. The van der Waals surface area contributed by atoms with E-state index in [-0.39, 0.29) is 31.8 Å². The van der Waals surface area contributed by atoms with Crippen LogP contribution in [0.15, 0.2) is 59.2 Å². The van der Waals surface area contributed by atoms with Gasteiger partial charge in [0.25, 0.3) is 0 Å². The van der Waals surface area contributed by atoms with Crippen LogP contribution in [-0.4, -0.2) is 67.2 Å². The van der Waals surface area contributed by atoms with Crippen molar-refractivity contribution in [3.05, 3.63) is 71.7 Å². The quantitative estimate of drug-likeness (QED) is 0.105. The Morgan fingerprint density at radius 1 is 1.03 bits per heavy atom. The van der Waals surface area contributed by atoms with Gasteiger partial charge in [0.2, 0.25) is 23.6 Å². The van der Waals surface area contributed by atoms with Gasteiger partial charge in [-0.3, -0.25) is 24.5 Å². The Hall–Kier alpha value is -4.00. The van der Waals surface area contributed by atoms with Crippen molar-refractivity contribution in [1.29, 1.82) is 0 Å². The van der Waals surface area contributed by atoms with Crippen LogP contribution < -0.4 is 32.3 Å². The molecule has 2 aromatic rings. The summed E-state index contributed by atoms with van der Waals surface area (Å²) in [6.07, 6.45) is 3.59. The lowest BCUT2D eigenvalue weighted by Gasteiger charge is -2.22. The molecule has 8 N–H and O–H groups in total. The minimum atomic E-state index is -1.16. The molecule has 0 aliphatic rings. The number of benzene rings is 1. The standard InChI is InChI=1S/C26H36N6O6/c1-17(33)31-21(14-20-9-6-12-38-20)26(37)30-15-19-8-4-3-7-18(19)13-24(35)32-22(25(27)36)16-29-23(34)10-5-11-28-2/h3-10,12,21-22,24,28,32,35H,11,13-16H2,1-2H3,(H2,27,36)(H,29,34)(H,30,37)(H,31,33)/b10-5-/t21-,22-,24?/m0/s1. The van der Waals surface area contributed by atoms with Gasteiger partial charge < -0.3 is 36.5 Å². The highest BCUT2D eigenvalue weighted by atomic mass is 16.3. The third kappa shape index (κ3) is 10.9. The number of nitrogens with two attached hydrogens (primary N) is 1. The van der Waals surface area contributed by atoms with Gasteiger partial charge in [-0.2, -0.15) is 0 Å². The average molecular weight is 529 g/mol. The molecule has 1 aromatic carbocycles. The Bertz CT molecular complexity index is 1090. The normalized spacial score (nSPS) is 13.4. The summed E-state index contributed by atoms with van der Waals surface area (Å²) in [5, 5.41) is 24.2. The van der Waals surface area contributed by atoms with E-state index in [1.54, 1.807) is 49.5 Å². The summed E-state index contributed by atoms with van der Waals surface area (Å²) in [6.45, 7) is 1.89. The third-order valence-corrected chi connectivity index (χ3v) is 5.47. The maximum Gasteiger partial charge on any atom is 0.243 e. The van der Waals surface area contributed by atoms with Gasteiger partial charge in [0.15, 0.2) is 0 Å². The molecule has 0 fully saturated rings. The van der Waals surface area contributed by atoms with Crippen LogP contribution in [0.5, 0.6) is 0 Å². The van der Waals surface area contributed by atoms with E-state index in [4.69, 9.17) is 10.2 Å². The van der Waals surface area contributed by atoms with Crippen molar-refractivity contribution in [2.24, 2.45) is 5.73 Å². The molecule has 12 nitrogen and oxygen atoms in total. The zero-order chi connectivity index (χ0) is 27.9. The maximum absolute atomic E-state index is 12.8. The summed E-state index contributed by atoms with van der Waals surface area (Å²) >= 11 is 0. The van der Waals surface area contributed by atoms with E-state index in [0.29, 0.717) is 12.3 Å². The summed E-state index contributed by atoms with van der Waals surface area (Å²) in [6, 6.07) is 8.76. The lowest BCUT2D eigenvalue weighted by Crippen LogP contribution is -2.53. The van der Waals surface area contributed by atoms with Crippen LogP contribution in [0.1, 0.15) is 23.8 Å². The molecule has 2 rings (SSSR count). The lowest BCUT2D eigenvalue weighted by molar-refractivity contribution is -0.128. The number of carbonyl (C=O) groups excluding carboxylic acids is 4. The number of rotatable bonds is 16. The first-order valence-corrected chi connectivity index (χ1v) is 12.2. The van der Waals surface area contributed by atoms with E-state index < -0.39 is 36.0 Å². The molecule has 206 valence electrons. The molecule has 0 aliphatic carbocycles. The fourth-order valence-corrected chi connectivity index (χ4v) is 3.61. The van der Waals surface area contributed by atoms with Crippen molar-refractivity contribution in [1.82, 2.24) is 26.6 Å². The monoisotopic (exact) mass is 528 g/mol. The Kier molecular flexibility index (Phi) is 12.7. The van der Waals surface area contributed by atoms with Crippen LogP contribution in [0.3, 0.4) is 0 Å². The molecule has 1 heterocycles. The van der Waals surface area contributed by atoms with E-state index >= 15 is 0 Å². The second-order valence-corrected chi connectivity index (χ2v) is 8.57. The SMILES string of the molecule is CNC/C=C\C(=O)NC[C@H](NC(O)Cc1ccccc1CNC(=O)[C@H](Cc1ccco1)NC(C)=O)C(N)=O. The lowest BCUT2D eigenvalue weighted by atomic mass is 10.0. The Labute approximate surface area is 221 Å². The molecule has 0 saturated carbocycles. The summed E-state index contributed by atoms with van der Waals surface area (Å²) in [5.41, 5.74) is 6.89. The van der Waals surface area contributed by atoms with Gasteiger partial charge in [0, 0.05) is 45.5 Å². The molecule has 4 amide bonds. The van der Waals surface area contributed by atoms with E-state index in [9.17, 15) is 24.3 Å². The fourth-order valence-electron chi connectivity index (χ4n) is 3.61. The Balaban J connectivity index is 1.96. The van der Waals surface area contributed by atoms with Crippen molar-refractivity contribution in [3.8, 4) is 0 Å². The predicted octanol–water partition coefficient (Wildman–Crippen LogP) is -1.16. The largest absolute Gasteiger partial charge is 0.469 e. The summed E-state index contributed by atoms with van der Waals surface area (Å²) in [5.74, 6) is -1.31. The van der Waals surface area contributed by atoms with Crippen LogP contribution >= 0.6 is 0 Å². The Morgan fingerprint density at radius 3 is 2.39 bits per heavy atom. The van der Waals surface area contributed by atoms with Crippen molar-refractivity contribution >= 4 is 23.6 Å². The molecule has 0 spiro atoms. The van der Waals surface area contributed by atoms with E-state index in [2.05, 4.69) is 26.6 Å². The number of hydrogen-bond acceptors (Lipinski definition) is 8. The zero-order valence-corrected chi connectivity index (χ0v) is 21.5. The van der Waals surface area contributed by atoms with E-state index in [1.807, 2.05) is 0 Å². The second kappa shape index (κ2) is 16.0. The molecule has 12 heteroatoms. The van der Waals surface area contributed by atoms with Gasteiger partial charge in [-0.1, -0.05) is 30.3 Å². The van der Waals surface area contributed by atoms with Crippen molar-refractivity contribution < 1.29 is 28.7 Å². The van der Waals surface area contributed by atoms with Crippen LogP contribution in [0.4, 0.5) is 0 Å². The number of furan rings is 1. The molecule has 0 saturated heterocycles. The van der Waals surface area contributed by atoms with Gasteiger partial charge >= 0.3 is 0 Å². The molecule has 1 unspecified atom stereocenters. The minimum Gasteiger partial charge on any atom is -0.469 e. The first kappa shape index (κ1) is 30.2. The summed E-state index contributed by atoms with van der Waals surface area (Å²) in [4.78, 5) is 48.1. The van der Waals surface area contributed by atoms with Crippen LogP contribution in [0, 0.1) is 0 Å². The molecule has 0 radical (unpaired) electrons. The van der Waals surface area contributed by atoms with Gasteiger partial charge in [0.1, 0.15) is 24.1 Å². The molecule has 3 atom stereocenters. The van der Waals surface area contributed by atoms with Crippen LogP contribution in [0.25, 0.3) is 0 Å². The van der Waals surface area contributed by atoms with Gasteiger partial charge in [-0.25, -0.2) is 0 Å². The second-order valence-electron chi connectivity index (χ2n) is 8.57. The smallest absolute Gasteiger partial charge is 0.243 e. The van der Waals surface area contributed by atoms with Crippen molar-refractivity contribution in [3.63, 3.8) is 0 Å². The number of nitrogens with one attached hydrogen (secondary N) is 5. The first-order chi connectivity index (χ1) is 18.2. The van der Waals surface area contributed by atoms with Crippen LogP contribution in [0.2, 0.25) is 0 Å². The van der Waals surface area contributed by atoms with Crippen molar-refractivity contribution in [2.75, 3.05) is 20.1 Å².